The number of amides is 4. The normalized spacial score (nSPS) is 13.5. The largest absolute Gasteiger partial charge is 0.480 e. The number of nitrogens with two attached hydrogens (primary N) is 1. The Morgan fingerprint density at radius 3 is 0.917 bits per heavy atom. The van der Waals surface area contributed by atoms with E-state index < -0.39 is 121 Å². The molecular weight excluding hydrogens is 1350 g/mol. The van der Waals surface area contributed by atoms with Gasteiger partial charge in [-0.25, -0.2) is 39.6 Å². The number of para-hydroxylation sites is 3. The molecule has 3 aromatic heterocycles. The summed E-state index contributed by atoms with van der Waals surface area (Å²) in [6.07, 6.45) is -0.250. The zero-order valence-electron chi connectivity index (χ0n) is 51.8. The minimum atomic E-state index is -3.51. The molecule has 0 bridgehead atoms. The van der Waals surface area contributed by atoms with Gasteiger partial charge in [0.1, 0.15) is 18.1 Å². The third kappa shape index (κ3) is 18.3. The number of carbonyl (C=O) groups excluding carboxylic acids is 4. The molecule has 96 heavy (non-hydrogen) atoms. The van der Waals surface area contributed by atoms with Crippen molar-refractivity contribution in [2.24, 2.45) is 5.73 Å². The molecule has 9 rings (SSSR count). The van der Waals surface area contributed by atoms with Crippen LogP contribution in [-0.4, -0.2) is 146 Å². The third-order valence-corrected chi connectivity index (χ3v) is 22.5. The Kier molecular flexibility index (Phi) is 22.6. The van der Waals surface area contributed by atoms with E-state index in [9.17, 15) is 74.1 Å². The molecule has 9 aromatic rings. The number of nitrogens with one attached hydrogen (secondary N) is 7. The number of aromatic amines is 3. The Labute approximate surface area is 564 Å². The van der Waals surface area contributed by atoms with E-state index in [4.69, 9.17) is 5.73 Å². The van der Waals surface area contributed by atoms with Crippen LogP contribution in [0.25, 0.3) is 32.7 Å². The second kappa shape index (κ2) is 30.4. The van der Waals surface area contributed by atoms with Crippen LogP contribution in [0, 0.1) is 0 Å². The number of rotatable bonds is 32. The van der Waals surface area contributed by atoms with Crippen LogP contribution in [0.5, 0.6) is 0 Å². The first-order valence-electron chi connectivity index (χ1n) is 29.8. The van der Waals surface area contributed by atoms with Gasteiger partial charge < -0.3 is 57.3 Å². The van der Waals surface area contributed by atoms with E-state index in [0.717, 1.165) is 18.8 Å². The lowest BCUT2D eigenvalue weighted by Gasteiger charge is -2.35. The zero-order chi connectivity index (χ0) is 69.3. The monoisotopic (exact) mass is 1420 g/mol. The van der Waals surface area contributed by atoms with E-state index in [1.54, 1.807) is 109 Å². The van der Waals surface area contributed by atoms with E-state index in [1.165, 1.54) is 71.7 Å². The molecule has 0 aliphatic carbocycles. The molecule has 3 heterocycles. The fourth-order valence-corrected chi connectivity index (χ4v) is 15.8. The molecular formula is C66H68N8O16S6. The summed E-state index contributed by atoms with van der Waals surface area (Å²) in [5, 5.41) is 46.1. The highest BCUT2D eigenvalue weighted by Crippen LogP contribution is 2.39. The molecule has 504 valence electrons. The van der Waals surface area contributed by atoms with Crippen LogP contribution in [0.1, 0.15) is 55.2 Å². The lowest BCUT2D eigenvalue weighted by Crippen LogP contribution is -2.53. The first-order valence-corrected chi connectivity index (χ1v) is 37.9. The van der Waals surface area contributed by atoms with E-state index in [2.05, 4.69) is 36.2 Å². The summed E-state index contributed by atoms with van der Waals surface area (Å²) in [7, 11) is -10.5. The van der Waals surface area contributed by atoms with Crippen molar-refractivity contribution in [1.29, 1.82) is 0 Å². The number of H-pyrrole nitrogens is 3. The fourth-order valence-electron chi connectivity index (χ4n) is 11.0. The summed E-state index contributed by atoms with van der Waals surface area (Å²) in [5.41, 5.74) is 7.62. The Morgan fingerprint density at radius 1 is 0.417 bits per heavy atom. The quantitative estimate of drug-likeness (QED) is 0.0192. The molecule has 0 saturated carbocycles. The highest BCUT2D eigenvalue weighted by atomic mass is 32.2. The molecule has 0 radical (unpaired) electrons. The van der Waals surface area contributed by atoms with Crippen molar-refractivity contribution in [3.8, 4) is 0 Å². The number of sulfone groups is 3. The molecule has 12 N–H and O–H groups in total. The maximum atomic E-state index is 14.3. The summed E-state index contributed by atoms with van der Waals surface area (Å²) < 4.78 is 73.3. The van der Waals surface area contributed by atoms with Crippen molar-refractivity contribution < 1.29 is 74.1 Å². The SMILES string of the molecule is CS(=O)(=O)c1ccc(Sc2[nH]c3ccccc3c2CC(NC(=O)CCC(CCC(=O)NC(Cc2c(Sc3ccc(S(C)(=O)=O)cc3)[nH]c3ccccc23)C(=O)O)(CCC(=O)NC(Cc2c(Sc3ccc(S(C)(=O)=O)cc3)[nH]c3ccccc23)C(=O)O)NC(=O)CN)C(=O)O)cc1. The van der Waals surface area contributed by atoms with Gasteiger partial charge in [-0.15, -0.1) is 0 Å². The maximum Gasteiger partial charge on any atom is 0.326 e. The molecule has 24 nitrogen and oxygen atoms in total. The van der Waals surface area contributed by atoms with Gasteiger partial charge in [-0.2, -0.15) is 0 Å². The molecule has 0 spiro atoms. The summed E-state index contributed by atoms with van der Waals surface area (Å²) >= 11 is 3.63. The number of aromatic nitrogens is 3. The number of carboxylic acids is 3. The number of fused-ring (bicyclic) bond motifs is 3. The molecule has 0 fully saturated rings. The van der Waals surface area contributed by atoms with Crippen LogP contribution >= 0.6 is 35.3 Å². The highest BCUT2D eigenvalue weighted by molar-refractivity contribution is 8.00. The fraction of sp³-hybridized carbons (Fsp3) is 0.258. The van der Waals surface area contributed by atoms with Gasteiger partial charge in [0.05, 0.1) is 36.3 Å². The van der Waals surface area contributed by atoms with Crippen molar-refractivity contribution >= 4 is 139 Å². The molecule has 30 heteroatoms. The van der Waals surface area contributed by atoms with E-state index in [0.29, 0.717) is 79.2 Å². The highest BCUT2D eigenvalue weighted by Gasteiger charge is 2.36. The van der Waals surface area contributed by atoms with Crippen molar-refractivity contribution in [2.45, 2.75) is 126 Å². The first kappa shape index (κ1) is 71.4. The Hall–Kier alpha value is -8.91. The van der Waals surface area contributed by atoms with Gasteiger partial charge in [0, 0.05) is 110 Å². The average molecular weight is 1420 g/mol. The molecule has 0 saturated heterocycles. The van der Waals surface area contributed by atoms with Crippen molar-refractivity contribution in [2.75, 3.05) is 25.3 Å². The Balaban J connectivity index is 0.974. The molecule has 3 atom stereocenters. The third-order valence-electron chi connectivity index (χ3n) is 15.9. The van der Waals surface area contributed by atoms with Crippen molar-refractivity contribution in [1.82, 2.24) is 36.2 Å². The van der Waals surface area contributed by atoms with Gasteiger partial charge in [0.2, 0.25) is 23.6 Å². The minimum absolute atomic E-state index is 0.0964. The molecule has 0 aliphatic heterocycles. The second-order valence-electron chi connectivity index (χ2n) is 23.0. The molecule has 3 unspecified atom stereocenters. The van der Waals surface area contributed by atoms with Gasteiger partial charge in [-0.3, -0.25) is 19.2 Å². The topological polar surface area (TPSA) is 404 Å². The van der Waals surface area contributed by atoms with Gasteiger partial charge in [0.15, 0.2) is 29.5 Å². The van der Waals surface area contributed by atoms with Gasteiger partial charge in [0.25, 0.3) is 0 Å². The molecule has 0 aliphatic rings. The number of hydrogen-bond acceptors (Lipinski definition) is 17. The zero-order valence-corrected chi connectivity index (χ0v) is 56.7. The summed E-state index contributed by atoms with van der Waals surface area (Å²) in [6.45, 7) is -0.623. The van der Waals surface area contributed by atoms with E-state index in [1.807, 2.05) is 0 Å². The second-order valence-corrected chi connectivity index (χ2v) is 32.3. The van der Waals surface area contributed by atoms with Gasteiger partial charge in [-0.05, 0) is 127 Å². The summed E-state index contributed by atoms with van der Waals surface area (Å²) in [6, 6.07) is 34.9. The predicted molar refractivity (Wildman–Crippen MR) is 363 cm³/mol. The van der Waals surface area contributed by atoms with Crippen LogP contribution in [0.15, 0.2) is 190 Å². The summed E-state index contributed by atoms with van der Waals surface area (Å²) in [5.74, 6) is -7.54. The number of carboxylic acid groups (broad SMARTS) is 3. The predicted octanol–water partition coefficient (Wildman–Crippen LogP) is 7.69. The summed E-state index contributed by atoms with van der Waals surface area (Å²) in [4.78, 5) is 108. The van der Waals surface area contributed by atoms with Gasteiger partial charge in [-0.1, -0.05) is 89.9 Å². The Bertz CT molecular complexity index is 4320. The standard InChI is InChI=1S/C66H68N8O16S6/c1-94(85,86)41-22-16-38(17-23-41)91-60-47(44-10-4-7-13-50(44)71-60)34-53(63(79)80)68-56(75)28-31-66(74-59(78)37-67,32-29-57(76)69-54(64(81)82)35-48-45-11-5-8-14-51(45)72-61(48)92-39-18-24-42(25-19-39)95(2,87)88)33-30-58(77)70-55(65(83)84)36-49-46-12-6-9-15-52(46)73-62(49)93-40-20-26-43(27-21-40)96(3,89)90/h4-27,53-55,71-73H,28-37,67H2,1-3H3,(H,68,75)(H,69,76)(H,70,77)(H,74,78)(H,79,80)(H,81,82)(H,83,84). The van der Waals surface area contributed by atoms with Crippen LogP contribution in [0.4, 0.5) is 0 Å². The number of hydrogen-bond donors (Lipinski definition) is 11. The smallest absolute Gasteiger partial charge is 0.326 e. The lowest BCUT2D eigenvalue weighted by atomic mass is 9.82. The Morgan fingerprint density at radius 2 is 0.677 bits per heavy atom. The van der Waals surface area contributed by atoms with E-state index >= 15 is 0 Å². The van der Waals surface area contributed by atoms with Crippen LogP contribution < -0.4 is 27.0 Å². The first-order chi connectivity index (χ1) is 45.4. The van der Waals surface area contributed by atoms with Crippen LogP contribution in [-0.2, 0) is 82.3 Å². The molecule has 6 aromatic carbocycles. The average Bonchev–Trinajstić information content (AvgIpc) is 1.66. The minimum Gasteiger partial charge on any atom is -0.480 e. The van der Waals surface area contributed by atoms with E-state index in [-0.39, 0.29) is 53.2 Å². The number of benzene rings is 6. The lowest BCUT2D eigenvalue weighted by molar-refractivity contribution is -0.142. The number of carbonyl (C=O) groups is 7. The maximum absolute atomic E-state index is 14.3. The molecule has 4 amide bonds. The van der Waals surface area contributed by atoms with Crippen LogP contribution in [0.2, 0.25) is 0 Å². The van der Waals surface area contributed by atoms with Crippen molar-refractivity contribution in [3.63, 3.8) is 0 Å². The van der Waals surface area contributed by atoms with Crippen molar-refractivity contribution in [3.05, 3.63) is 162 Å². The van der Waals surface area contributed by atoms with Gasteiger partial charge >= 0.3 is 17.9 Å². The van der Waals surface area contributed by atoms with Crippen LogP contribution in [0.3, 0.4) is 0 Å². The number of aliphatic carboxylic acids is 3.